The zero-order valence-electron chi connectivity index (χ0n) is 13.9. The molecule has 0 aliphatic carbocycles. The first kappa shape index (κ1) is 17.7. The molecule has 3 rings (SSSR count). The number of hydrogen-bond acceptors (Lipinski definition) is 5. The molecule has 1 aliphatic rings. The van der Waals surface area contributed by atoms with Gasteiger partial charge in [0.2, 0.25) is 5.91 Å². The summed E-state index contributed by atoms with van der Waals surface area (Å²) >= 11 is 0. The van der Waals surface area contributed by atoms with Crippen LogP contribution in [0.1, 0.15) is 6.92 Å². The molecule has 2 N–H and O–H groups in total. The highest BCUT2D eigenvalue weighted by atomic mass is 32.2. The molecule has 0 unspecified atom stereocenters. The average Bonchev–Trinajstić information content (AvgIpc) is 3.00. The molecule has 0 spiro atoms. The van der Waals surface area contributed by atoms with Crippen molar-refractivity contribution in [3.63, 3.8) is 0 Å². The number of carbonyl (C=O) groups excluding carboxylic acids is 2. The van der Waals surface area contributed by atoms with Gasteiger partial charge in [0.1, 0.15) is 6.61 Å². The SMILES string of the molecule is CC(=O)Nc1cccc(NS(=O)(=O)c2ccc(N3CCOC3=O)cc2)c1. The van der Waals surface area contributed by atoms with Gasteiger partial charge < -0.3 is 10.1 Å². The molecule has 2 aromatic carbocycles. The number of cyclic esters (lactones) is 1. The fourth-order valence-corrected chi connectivity index (χ4v) is 3.56. The lowest BCUT2D eigenvalue weighted by molar-refractivity contribution is -0.114. The van der Waals surface area contributed by atoms with Crippen molar-refractivity contribution in [3.05, 3.63) is 48.5 Å². The van der Waals surface area contributed by atoms with Gasteiger partial charge in [-0.1, -0.05) is 6.07 Å². The van der Waals surface area contributed by atoms with Crippen molar-refractivity contribution in [2.45, 2.75) is 11.8 Å². The van der Waals surface area contributed by atoms with Crippen LogP contribution < -0.4 is 14.9 Å². The molecule has 0 saturated carbocycles. The minimum atomic E-state index is -3.81. The molecule has 0 atom stereocenters. The van der Waals surface area contributed by atoms with E-state index in [1.807, 2.05) is 0 Å². The van der Waals surface area contributed by atoms with Crippen molar-refractivity contribution in [1.82, 2.24) is 0 Å². The number of benzene rings is 2. The number of amides is 2. The molecule has 0 aromatic heterocycles. The van der Waals surface area contributed by atoms with Crippen molar-refractivity contribution in [3.8, 4) is 0 Å². The molecule has 2 amide bonds. The van der Waals surface area contributed by atoms with Gasteiger partial charge in [0, 0.05) is 18.3 Å². The molecule has 26 heavy (non-hydrogen) atoms. The first-order chi connectivity index (χ1) is 12.3. The van der Waals surface area contributed by atoms with E-state index in [1.54, 1.807) is 30.3 Å². The number of nitrogens with one attached hydrogen (secondary N) is 2. The predicted octanol–water partition coefficient (Wildman–Crippen LogP) is 2.40. The van der Waals surface area contributed by atoms with Crippen LogP contribution in [0.15, 0.2) is 53.4 Å². The number of hydrogen-bond donors (Lipinski definition) is 2. The lowest BCUT2D eigenvalue weighted by Crippen LogP contribution is -2.23. The highest BCUT2D eigenvalue weighted by Gasteiger charge is 2.24. The second kappa shape index (κ2) is 7.04. The van der Waals surface area contributed by atoms with Crippen LogP contribution in [0.25, 0.3) is 0 Å². The lowest BCUT2D eigenvalue weighted by Gasteiger charge is -2.14. The number of ether oxygens (including phenoxy) is 1. The zero-order valence-corrected chi connectivity index (χ0v) is 14.7. The molecule has 2 aromatic rings. The lowest BCUT2D eigenvalue weighted by atomic mass is 10.3. The minimum Gasteiger partial charge on any atom is -0.447 e. The Balaban J connectivity index is 1.78. The number of nitrogens with zero attached hydrogens (tertiary/aromatic N) is 1. The molecule has 1 saturated heterocycles. The van der Waals surface area contributed by atoms with Gasteiger partial charge in [0.15, 0.2) is 0 Å². The fourth-order valence-electron chi connectivity index (χ4n) is 2.51. The van der Waals surface area contributed by atoms with Gasteiger partial charge in [0.25, 0.3) is 10.0 Å². The fraction of sp³-hybridized carbons (Fsp3) is 0.176. The quantitative estimate of drug-likeness (QED) is 0.835. The van der Waals surface area contributed by atoms with E-state index in [0.29, 0.717) is 30.2 Å². The first-order valence-electron chi connectivity index (χ1n) is 7.80. The molecule has 136 valence electrons. The van der Waals surface area contributed by atoms with Crippen LogP contribution in [0.4, 0.5) is 21.9 Å². The third-order valence-corrected chi connectivity index (χ3v) is 5.05. The normalized spacial score (nSPS) is 14.0. The highest BCUT2D eigenvalue weighted by Crippen LogP contribution is 2.23. The van der Waals surface area contributed by atoms with Crippen LogP contribution in [-0.2, 0) is 19.6 Å². The van der Waals surface area contributed by atoms with E-state index in [0.717, 1.165) is 0 Å². The average molecular weight is 375 g/mol. The van der Waals surface area contributed by atoms with E-state index in [-0.39, 0.29) is 10.8 Å². The van der Waals surface area contributed by atoms with Crippen molar-refractivity contribution in [2.24, 2.45) is 0 Å². The summed E-state index contributed by atoms with van der Waals surface area (Å²) in [6, 6.07) is 12.3. The Morgan fingerprint density at radius 3 is 2.42 bits per heavy atom. The van der Waals surface area contributed by atoms with Crippen LogP contribution in [0.3, 0.4) is 0 Å². The summed E-state index contributed by atoms with van der Waals surface area (Å²) < 4.78 is 32.4. The van der Waals surface area contributed by atoms with Crippen LogP contribution in [0.2, 0.25) is 0 Å². The summed E-state index contributed by atoms with van der Waals surface area (Å²) in [6.07, 6.45) is -0.450. The van der Waals surface area contributed by atoms with Crippen molar-refractivity contribution >= 4 is 39.1 Å². The third kappa shape index (κ3) is 3.94. The summed E-state index contributed by atoms with van der Waals surface area (Å²) in [6.45, 7) is 2.11. The summed E-state index contributed by atoms with van der Waals surface area (Å²) in [7, 11) is -3.81. The number of sulfonamides is 1. The van der Waals surface area contributed by atoms with Crippen LogP contribution in [-0.4, -0.2) is 33.6 Å². The maximum atomic E-state index is 12.5. The Kier molecular flexibility index (Phi) is 4.81. The number of carbonyl (C=O) groups is 2. The van der Waals surface area contributed by atoms with Crippen LogP contribution >= 0.6 is 0 Å². The topological polar surface area (TPSA) is 105 Å². The summed E-state index contributed by atoms with van der Waals surface area (Å²) in [5, 5.41) is 2.59. The van der Waals surface area contributed by atoms with Gasteiger partial charge in [-0.25, -0.2) is 13.2 Å². The molecule has 1 aliphatic heterocycles. The Labute approximate surface area is 150 Å². The number of anilines is 3. The molecule has 1 heterocycles. The molecule has 1 fully saturated rings. The van der Waals surface area contributed by atoms with Gasteiger partial charge >= 0.3 is 6.09 Å². The molecule has 0 radical (unpaired) electrons. The Hall–Kier alpha value is -3.07. The maximum Gasteiger partial charge on any atom is 0.414 e. The third-order valence-electron chi connectivity index (χ3n) is 3.65. The molecule has 0 bridgehead atoms. The summed E-state index contributed by atoms with van der Waals surface area (Å²) in [4.78, 5) is 24.1. The standard InChI is InChI=1S/C17H17N3O5S/c1-12(21)18-13-3-2-4-14(11-13)19-26(23,24)16-7-5-15(6-8-16)20-9-10-25-17(20)22/h2-8,11,19H,9-10H2,1H3,(H,18,21). The van der Waals surface area contributed by atoms with E-state index in [4.69, 9.17) is 4.74 Å². The Morgan fingerprint density at radius 2 is 1.81 bits per heavy atom. The monoisotopic (exact) mass is 375 g/mol. The van der Waals surface area contributed by atoms with E-state index in [1.165, 1.54) is 30.0 Å². The van der Waals surface area contributed by atoms with Crippen LogP contribution in [0, 0.1) is 0 Å². The Morgan fingerprint density at radius 1 is 1.12 bits per heavy atom. The van der Waals surface area contributed by atoms with Crippen molar-refractivity contribution in [2.75, 3.05) is 28.1 Å². The summed E-state index contributed by atoms with van der Waals surface area (Å²) in [5.41, 5.74) is 1.38. The zero-order chi connectivity index (χ0) is 18.7. The van der Waals surface area contributed by atoms with E-state index in [9.17, 15) is 18.0 Å². The van der Waals surface area contributed by atoms with Crippen molar-refractivity contribution < 1.29 is 22.7 Å². The maximum absolute atomic E-state index is 12.5. The van der Waals surface area contributed by atoms with Crippen molar-refractivity contribution in [1.29, 1.82) is 0 Å². The summed E-state index contributed by atoms with van der Waals surface area (Å²) in [5.74, 6) is -0.249. The second-order valence-corrected chi connectivity index (χ2v) is 7.31. The van der Waals surface area contributed by atoms with E-state index < -0.39 is 16.1 Å². The number of rotatable bonds is 5. The van der Waals surface area contributed by atoms with Crippen LogP contribution in [0.5, 0.6) is 0 Å². The van der Waals surface area contributed by atoms with E-state index >= 15 is 0 Å². The van der Waals surface area contributed by atoms with Gasteiger partial charge in [-0.2, -0.15) is 0 Å². The largest absolute Gasteiger partial charge is 0.447 e. The highest BCUT2D eigenvalue weighted by molar-refractivity contribution is 7.92. The van der Waals surface area contributed by atoms with Gasteiger partial charge in [0.05, 0.1) is 17.1 Å². The first-order valence-corrected chi connectivity index (χ1v) is 9.28. The molecule has 9 heteroatoms. The molecular formula is C17H17N3O5S. The van der Waals surface area contributed by atoms with Gasteiger partial charge in [-0.3, -0.25) is 14.4 Å². The predicted molar refractivity (Wildman–Crippen MR) is 96.7 cm³/mol. The second-order valence-electron chi connectivity index (χ2n) is 5.63. The van der Waals surface area contributed by atoms with Gasteiger partial charge in [-0.05, 0) is 42.5 Å². The Bertz CT molecular complexity index is 941. The smallest absolute Gasteiger partial charge is 0.414 e. The van der Waals surface area contributed by atoms with E-state index in [2.05, 4.69) is 10.0 Å². The van der Waals surface area contributed by atoms with Gasteiger partial charge in [-0.15, -0.1) is 0 Å². The minimum absolute atomic E-state index is 0.0544. The molecule has 8 nitrogen and oxygen atoms in total. The molecular weight excluding hydrogens is 358 g/mol.